The van der Waals surface area contributed by atoms with Gasteiger partial charge in [-0.3, -0.25) is 0 Å². The summed E-state index contributed by atoms with van der Waals surface area (Å²) in [4.78, 5) is 5.10. The van der Waals surface area contributed by atoms with E-state index < -0.39 is 0 Å². The molecule has 1 atom stereocenters. The van der Waals surface area contributed by atoms with Crippen LogP contribution < -0.4 is 4.74 Å². The Bertz CT molecular complexity index is 851. The SMILES string of the molecule is C1=NC(CC23CC4CC(CC(C4)C2)C3)(c2ccccc2)c2ccccc2O1. The molecular weight excluding hydrogens is 330 g/mol. The van der Waals surface area contributed by atoms with E-state index in [-0.39, 0.29) is 5.54 Å². The molecule has 2 aromatic carbocycles. The predicted molar refractivity (Wildman–Crippen MR) is 108 cm³/mol. The van der Waals surface area contributed by atoms with E-state index in [4.69, 9.17) is 9.73 Å². The van der Waals surface area contributed by atoms with Crippen LogP contribution in [0.25, 0.3) is 0 Å². The first kappa shape index (κ1) is 15.9. The van der Waals surface area contributed by atoms with Gasteiger partial charge in [0.2, 0.25) is 0 Å². The van der Waals surface area contributed by atoms with Gasteiger partial charge in [0, 0.05) is 5.56 Å². The monoisotopic (exact) mass is 357 g/mol. The second-order valence-corrected chi connectivity index (χ2v) is 9.67. The smallest absolute Gasteiger partial charge is 0.177 e. The van der Waals surface area contributed by atoms with Gasteiger partial charge in [-0.25, -0.2) is 4.99 Å². The normalized spacial score (nSPS) is 38.4. The van der Waals surface area contributed by atoms with Crippen molar-refractivity contribution in [2.75, 3.05) is 0 Å². The highest BCUT2D eigenvalue weighted by atomic mass is 16.5. The molecule has 2 nitrogen and oxygen atoms in total. The molecule has 27 heavy (non-hydrogen) atoms. The third-order valence-electron chi connectivity index (χ3n) is 7.83. The number of hydrogen-bond acceptors (Lipinski definition) is 2. The Labute approximate surface area is 161 Å². The molecule has 4 aliphatic carbocycles. The molecule has 1 unspecified atom stereocenters. The van der Waals surface area contributed by atoms with Crippen LogP contribution in [0.4, 0.5) is 0 Å². The first-order valence-corrected chi connectivity index (χ1v) is 10.6. The molecule has 0 amide bonds. The Morgan fingerprint density at radius 3 is 2.15 bits per heavy atom. The molecule has 138 valence electrons. The molecule has 0 radical (unpaired) electrons. The lowest BCUT2D eigenvalue weighted by Crippen LogP contribution is -2.49. The molecule has 0 N–H and O–H groups in total. The minimum absolute atomic E-state index is 0.304. The third-order valence-corrected chi connectivity index (χ3v) is 7.83. The minimum Gasteiger partial charge on any atom is -0.446 e. The van der Waals surface area contributed by atoms with Crippen molar-refractivity contribution in [1.29, 1.82) is 0 Å². The van der Waals surface area contributed by atoms with E-state index in [1.165, 1.54) is 49.7 Å². The zero-order chi connectivity index (χ0) is 17.9. The largest absolute Gasteiger partial charge is 0.446 e. The van der Waals surface area contributed by atoms with Crippen LogP contribution in [0.2, 0.25) is 0 Å². The zero-order valence-electron chi connectivity index (χ0n) is 15.8. The van der Waals surface area contributed by atoms with Gasteiger partial charge in [0.1, 0.15) is 11.3 Å². The van der Waals surface area contributed by atoms with Gasteiger partial charge in [-0.05, 0) is 79.7 Å². The standard InChI is InChI=1S/C25H27NO/c1-2-6-21(7-3-1)25(22-8-4-5-9-23(22)27-17-26-25)16-24-13-18-10-19(14-24)12-20(11-18)15-24/h1-9,17-20H,10-16H2. The van der Waals surface area contributed by atoms with Gasteiger partial charge in [-0.1, -0.05) is 48.5 Å². The van der Waals surface area contributed by atoms with Crippen LogP contribution >= 0.6 is 0 Å². The van der Waals surface area contributed by atoms with E-state index in [1.54, 1.807) is 6.40 Å². The van der Waals surface area contributed by atoms with Gasteiger partial charge in [0.15, 0.2) is 6.40 Å². The highest BCUT2D eigenvalue weighted by Gasteiger charge is 2.55. The molecule has 5 aliphatic rings. The van der Waals surface area contributed by atoms with Crippen LogP contribution in [0.5, 0.6) is 5.75 Å². The Balaban J connectivity index is 1.49. The second-order valence-electron chi connectivity index (χ2n) is 9.67. The predicted octanol–water partition coefficient (Wildman–Crippen LogP) is 5.96. The van der Waals surface area contributed by atoms with Gasteiger partial charge in [0.25, 0.3) is 0 Å². The molecule has 1 heterocycles. The summed E-state index contributed by atoms with van der Waals surface area (Å²) in [5.74, 6) is 3.86. The summed E-state index contributed by atoms with van der Waals surface area (Å²) in [6, 6.07) is 19.5. The fourth-order valence-electron chi connectivity index (χ4n) is 7.39. The highest BCUT2D eigenvalue weighted by Crippen LogP contribution is 2.64. The van der Waals surface area contributed by atoms with E-state index in [1.807, 2.05) is 0 Å². The number of benzene rings is 2. The summed E-state index contributed by atoms with van der Waals surface area (Å²) in [5.41, 5.74) is 2.70. The number of hydrogen-bond donors (Lipinski definition) is 0. The lowest BCUT2D eigenvalue weighted by molar-refractivity contribution is -0.0659. The number of aliphatic imine (C=N–C) groups is 1. The van der Waals surface area contributed by atoms with Gasteiger partial charge in [-0.2, -0.15) is 0 Å². The lowest BCUT2D eigenvalue weighted by atomic mass is 9.47. The minimum atomic E-state index is -0.304. The van der Waals surface area contributed by atoms with Crippen LogP contribution in [-0.2, 0) is 5.54 Å². The van der Waals surface area contributed by atoms with Crippen molar-refractivity contribution in [2.24, 2.45) is 28.2 Å². The van der Waals surface area contributed by atoms with E-state index in [9.17, 15) is 0 Å². The topological polar surface area (TPSA) is 21.6 Å². The average molecular weight is 357 g/mol. The first-order valence-electron chi connectivity index (χ1n) is 10.6. The van der Waals surface area contributed by atoms with Crippen molar-refractivity contribution in [3.8, 4) is 5.75 Å². The van der Waals surface area contributed by atoms with E-state index in [2.05, 4.69) is 54.6 Å². The third kappa shape index (κ3) is 2.42. The molecule has 0 aromatic heterocycles. The molecule has 7 rings (SSSR count). The van der Waals surface area contributed by atoms with Crippen molar-refractivity contribution < 1.29 is 4.74 Å². The summed E-state index contributed by atoms with van der Waals surface area (Å²) < 4.78 is 5.83. The Kier molecular flexibility index (Phi) is 3.36. The van der Waals surface area contributed by atoms with Crippen LogP contribution in [0.1, 0.15) is 56.1 Å². The molecule has 4 fully saturated rings. The fourth-order valence-corrected chi connectivity index (χ4v) is 7.39. The summed E-state index contributed by atoms with van der Waals surface area (Å²) >= 11 is 0. The highest BCUT2D eigenvalue weighted by molar-refractivity contribution is 5.63. The van der Waals surface area contributed by atoms with Crippen LogP contribution in [0.3, 0.4) is 0 Å². The van der Waals surface area contributed by atoms with Crippen molar-refractivity contribution in [3.63, 3.8) is 0 Å². The summed E-state index contributed by atoms with van der Waals surface area (Å²) in [5, 5.41) is 0. The average Bonchev–Trinajstić information content (AvgIpc) is 2.68. The molecule has 4 bridgehead atoms. The summed E-state index contributed by atoms with van der Waals surface area (Å²) in [7, 11) is 0. The number of ether oxygens (including phenoxy) is 1. The van der Waals surface area contributed by atoms with E-state index in [0.29, 0.717) is 5.41 Å². The number of nitrogens with zero attached hydrogens (tertiary/aromatic N) is 1. The molecule has 1 aliphatic heterocycles. The molecule has 2 aromatic rings. The lowest BCUT2D eigenvalue weighted by Gasteiger charge is -2.59. The van der Waals surface area contributed by atoms with Gasteiger partial charge >= 0.3 is 0 Å². The molecule has 0 spiro atoms. The van der Waals surface area contributed by atoms with E-state index >= 15 is 0 Å². The maximum atomic E-state index is 5.83. The van der Waals surface area contributed by atoms with Gasteiger partial charge in [0.05, 0.1) is 0 Å². The van der Waals surface area contributed by atoms with Gasteiger partial charge < -0.3 is 4.74 Å². The van der Waals surface area contributed by atoms with Crippen molar-refractivity contribution in [3.05, 3.63) is 65.7 Å². The summed E-state index contributed by atoms with van der Waals surface area (Å²) in [6.45, 7) is 0. The number of para-hydroxylation sites is 1. The van der Waals surface area contributed by atoms with Crippen LogP contribution in [0.15, 0.2) is 59.6 Å². The second kappa shape index (κ2) is 5.70. The zero-order valence-corrected chi connectivity index (χ0v) is 15.8. The van der Waals surface area contributed by atoms with Crippen LogP contribution in [-0.4, -0.2) is 6.40 Å². The Hall–Kier alpha value is -2.09. The molecule has 0 saturated heterocycles. The van der Waals surface area contributed by atoms with Crippen molar-refractivity contribution >= 4 is 6.40 Å². The molecule has 4 saturated carbocycles. The quantitative estimate of drug-likeness (QED) is 0.664. The summed E-state index contributed by atoms with van der Waals surface area (Å²) in [6.07, 6.45) is 11.5. The molecular formula is C25H27NO. The maximum absolute atomic E-state index is 5.83. The first-order chi connectivity index (χ1) is 13.2. The fraction of sp³-hybridized carbons (Fsp3) is 0.480. The Morgan fingerprint density at radius 1 is 0.815 bits per heavy atom. The van der Waals surface area contributed by atoms with Crippen molar-refractivity contribution in [2.45, 2.75) is 50.5 Å². The van der Waals surface area contributed by atoms with Crippen molar-refractivity contribution in [1.82, 2.24) is 0 Å². The molecule has 2 heteroatoms. The Morgan fingerprint density at radius 2 is 1.44 bits per heavy atom. The number of fused-ring (bicyclic) bond motifs is 1. The van der Waals surface area contributed by atoms with Gasteiger partial charge in [-0.15, -0.1) is 0 Å². The number of rotatable bonds is 3. The maximum Gasteiger partial charge on any atom is 0.177 e. The van der Waals surface area contributed by atoms with Crippen LogP contribution in [0, 0.1) is 23.2 Å². The van der Waals surface area contributed by atoms with E-state index in [0.717, 1.165) is 29.9 Å².